The molecule has 2 N–H and O–H groups in total. The van der Waals surface area contributed by atoms with Crippen LogP contribution in [0.4, 0.5) is 5.82 Å². The molecular weight excluding hydrogens is 274 g/mol. The van der Waals surface area contributed by atoms with Crippen LogP contribution in [0.2, 0.25) is 5.02 Å². The quantitative estimate of drug-likeness (QED) is 0.892. The summed E-state index contributed by atoms with van der Waals surface area (Å²) in [5.74, 6) is 0.292. The molecule has 0 bridgehead atoms. The maximum Gasteiger partial charge on any atom is 0.243 e. The number of anilines is 1. The number of carbonyl (C=O) groups excluding carboxylic acids is 1. The molecule has 0 saturated carbocycles. The zero-order valence-electron chi connectivity index (χ0n) is 10.8. The van der Waals surface area contributed by atoms with Crippen molar-refractivity contribution in [3.8, 4) is 0 Å². The molecule has 3 rings (SSSR count). The van der Waals surface area contributed by atoms with Crippen LogP contribution in [0.5, 0.6) is 0 Å². The summed E-state index contributed by atoms with van der Waals surface area (Å²) < 4.78 is 0. The van der Waals surface area contributed by atoms with Gasteiger partial charge in [0.2, 0.25) is 5.91 Å². The maximum atomic E-state index is 12.3. The van der Waals surface area contributed by atoms with Gasteiger partial charge in [-0.25, -0.2) is 4.98 Å². The Labute approximate surface area is 122 Å². The number of rotatable bonds is 2. The van der Waals surface area contributed by atoms with Gasteiger partial charge in [-0.3, -0.25) is 4.79 Å². The number of hydrogen-bond acceptors (Lipinski definition) is 3. The van der Waals surface area contributed by atoms with Crippen LogP contribution in [0.1, 0.15) is 11.1 Å². The molecule has 1 amide bonds. The number of fused-ring (bicyclic) bond motifs is 1. The normalized spacial score (nSPS) is 17.4. The fourth-order valence-electron chi connectivity index (χ4n) is 2.32. The van der Waals surface area contributed by atoms with Gasteiger partial charge in [-0.2, -0.15) is 0 Å². The van der Waals surface area contributed by atoms with Crippen LogP contribution in [0.15, 0.2) is 42.6 Å². The van der Waals surface area contributed by atoms with Crippen molar-refractivity contribution in [1.29, 1.82) is 0 Å². The molecule has 0 radical (unpaired) electrons. The topological polar surface area (TPSA) is 54.0 Å². The first-order valence-electron chi connectivity index (χ1n) is 6.45. The lowest BCUT2D eigenvalue weighted by Gasteiger charge is -2.25. The summed E-state index contributed by atoms with van der Waals surface area (Å²) in [5.41, 5.74) is 2.45. The molecule has 0 fully saturated rings. The number of amides is 1. The third-order valence-electron chi connectivity index (χ3n) is 3.40. The van der Waals surface area contributed by atoms with E-state index in [1.807, 2.05) is 12.1 Å². The zero-order chi connectivity index (χ0) is 13.9. The number of halogens is 1. The van der Waals surface area contributed by atoms with E-state index >= 15 is 0 Å². The van der Waals surface area contributed by atoms with Gasteiger partial charge in [-0.05, 0) is 29.7 Å². The highest BCUT2D eigenvalue weighted by Gasteiger charge is 2.24. The van der Waals surface area contributed by atoms with E-state index in [1.165, 1.54) is 11.1 Å². The molecule has 1 aromatic heterocycles. The second-order valence-electron chi connectivity index (χ2n) is 4.73. The minimum Gasteiger partial charge on any atom is -0.308 e. The molecule has 2 aromatic rings. The van der Waals surface area contributed by atoms with Crippen LogP contribution < -0.4 is 10.6 Å². The summed E-state index contributed by atoms with van der Waals surface area (Å²) in [6.45, 7) is 0.699. The van der Waals surface area contributed by atoms with E-state index in [0.29, 0.717) is 23.8 Å². The van der Waals surface area contributed by atoms with E-state index in [1.54, 1.807) is 18.3 Å². The second kappa shape index (κ2) is 5.61. The van der Waals surface area contributed by atoms with Crippen LogP contribution in [0.25, 0.3) is 0 Å². The van der Waals surface area contributed by atoms with Gasteiger partial charge in [-0.1, -0.05) is 35.9 Å². The Kier molecular flexibility index (Phi) is 3.67. The molecule has 20 heavy (non-hydrogen) atoms. The molecule has 4 nitrogen and oxygen atoms in total. The van der Waals surface area contributed by atoms with Crippen molar-refractivity contribution < 1.29 is 4.79 Å². The fourth-order valence-corrected chi connectivity index (χ4v) is 2.49. The van der Waals surface area contributed by atoms with Gasteiger partial charge >= 0.3 is 0 Å². The molecule has 5 heteroatoms. The minimum atomic E-state index is -0.261. The minimum absolute atomic E-state index is 0.111. The SMILES string of the molecule is O=C(Nc1ncccc1Cl)[C@@H]1Cc2ccccc2CN1. The van der Waals surface area contributed by atoms with Crippen molar-refractivity contribution in [3.05, 3.63) is 58.7 Å². The van der Waals surface area contributed by atoms with Gasteiger partial charge in [0.25, 0.3) is 0 Å². The predicted molar refractivity (Wildman–Crippen MR) is 78.7 cm³/mol. The van der Waals surface area contributed by atoms with Gasteiger partial charge in [-0.15, -0.1) is 0 Å². The van der Waals surface area contributed by atoms with E-state index in [4.69, 9.17) is 11.6 Å². The van der Waals surface area contributed by atoms with Gasteiger partial charge < -0.3 is 10.6 Å². The predicted octanol–water partition coefficient (Wildman–Crippen LogP) is 2.39. The fraction of sp³-hybridized carbons (Fsp3) is 0.200. The lowest BCUT2D eigenvalue weighted by Crippen LogP contribution is -2.44. The summed E-state index contributed by atoms with van der Waals surface area (Å²) in [7, 11) is 0. The summed E-state index contributed by atoms with van der Waals surface area (Å²) in [4.78, 5) is 16.3. The average Bonchev–Trinajstić information content (AvgIpc) is 2.49. The van der Waals surface area contributed by atoms with Crippen molar-refractivity contribution in [2.45, 2.75) is 19.0 Å². The lowest BCUT2D eigenvalue weighted by molar-refractivity contribution is -0.118. The Morgan fingerprint density at radius 1 is 1.25 bits per heavy atom. The Morgan fingerprint density at radius 3 is 2.85 bits per heavy atom. The monoisotopic (exact) mass is 287 g/mol. The van der Waals surface area contributed by atoms with Crippen molar-refractivity contribution in [3.63, 3.8) is 0 Å². The first kappa shape index (κ1) is 13.1. The lowest BCUT2D eigenvalue weighted by atomic mass is 9.95. The van der Waals surface area contributed by atoms with Crippen LogP contribution in [0.3, 0.4) is 0 Å². The van der Waals surface area contributed by atoms with Crippen LogP contribution >= 0.6 is 11.6 Å². The standard InChI is InChI=1S/C15H14ClN3O/c16-12-6-3-7-17-14(12)19-15(20)13-8-10-4-1-2-5-11(10)9-18-13/h1-7,13,18H,8-9H2,(H,17,19,20)/t13-/m0/s1. The Morgan fingerprint density at radius 2 is 2.05 bits per heavy atom. The summed E-state index contributed by atoms with van der Waals surface area (Å²) in [6.07, 6.45) is 2.28. The largest absolute Gasteiger partial charge is 0.308 e. The molecule has 0 saturated heterocycles. The molecule has 1 aliphatic rings. The van der Waals surface area contributed by atoms with E-state index in [9.17, 15) is 4.79 Å². The number of benzene rings is 1. The highest BCUT2D eigenvalue weighted by molar-refractivity contribution is 6.33. The summed E-state index contributed by atoms with van der Waals surface area (Å²) in [5, 5.41) is 6.44. The Balaban J connectivity index is 1.72. The van der Waals surface area contributed by atoms with E-state index < -0.39 is 0 Å². The molecule has 1 atom stereocenters. The molecule has 102 valence electrons. The number of nitrogens with zero attached hydrogens (tertiary/aromatic N) is 1. The number of carbonyl (C=O) groups is 1. The van der Waals surface area contributed by atoms with Crippen LogP contribution in [-0.4, -0.2) is 16.9 Å². The maximum absolute atomic E-state index is 12.3. The van der Waals surface area contributed by atoms with Gasteiger partial charge in [0.1, 0.15) is 0 Å². The average molecular weight is 288 g/mol. The Hall–Kier alpha value is -1.91. The number of hydrogen-bond donors (Lipinski definition) is 2. The smallest absolute Gasteiger partial charge is 0.243 e. The highest BCUT2D eigenvalue weighted by atomic mass is 35.5. The molecule has 0 aliphatic carbocycles. The summed E-state index contributed by atoms with van der Waals surface area (Å²) in [6, 6.07) is 11.3. The molecular formula is C15H14ClN3O. The first-order chi connectivity index (χ1) is 9.74. The number of aromatic nitrogens is 1. The van der Waals surface area contributed by atoms with Crippen molar-refractivity contribution in [1.82, 2.24) is 10.3 Å². The highest BCUT2D eigenvalue weighted by Crippen LogP contribution is 2.20. The first-order valence-corrected chi connectivity index (χ1v) is 6.83. The zero-order valence-corrected chi connectivity index (χ0v) is 11.5. The van der Waals surface area contributed by atoms with Crippen molar-refractivity contribution >= 4 is 23.3 Å². The Bertz CT molecular complexity index is 645. The van der Waals surface area contributed by atoms with Crippen molar-refractivity contribution in [2.24, 2.45) is 0 Å². The van der Waals surface area contributed by atoms with Gasteiger partial charge in [0.05, 0.1) is 11.1 Å². The third-order valence-corrected chi connectivity index (χ3v) is 3.70. The van der Waals surface area contributed by atoms with Crippen molar-refractivity contribution in [2.75, 3.05) is 5.32 Å². The molecule has 2 heterocycles. The molecule has 1 aliphatic heterocycles. The van der Waals surface area contributed by atoms with Crippen LogP contribution in [0, 0.1) is 0 Å². The second-order valence-corrected chi connectivity index (χ2v) is 5.14. The van der Waals surface area contributed by atoms with Crippen LogP contribution in [-0.2, 0) is 17.8 Å². The van der Waals surface area contributed by atoms with Gasteiger partial charge in [0, 0.05) is 12.7 Å². The van der Waals surface area contributed by atoms with E-state index in [-0.39, 0.29) is 11.9 Å². The van der Waals surface area contributed by atoms with Gasteiger partial charge in [0.15, 0.2) is 5.82 Å². The summed E-state index contributed by atoms with van der Waals surface area (Å²) >= 11 is 5.99. The third kappa shape index (κ3) is 2.66. The molecule has 1 aromatic carbocycles. The number of nitrogens with one attached hydrogen (secondary N) is 2. The van der Waals surface area contributed by atoms with E-state index in [2.05, 4.69) is 27.8 Å². The number of pyridine rings is 1. The molecule has 0 spiro atoms. The molecule has 0 unspecified atom stereocenters. The van der Waals surface area contributed by atoms with E-state index in [0.717, 1.165) is 0 Å².